The Morgan fingerprint density at radius 3 is 2.85 bits per heavy atom. The second-order valence-corrected chi connectivity index (χ2v) is 7.75. The molecule has 20 heavy (non-hydrogen) atoms. The Hall–Kier alpha value is -0.340. The van der Waals surface area contributed by atoms with Crippen LogP contribution in [0.1, 0.15) is 13.3 Å². The number of hydrogen-bond donors (Lipinski definition) is 2. The lowest BCUT2D eigenvalue weighted by Crippen LogP contribution is -2.32. The molecule has 2 atom stereocenters. The maximum absolute atomic E-state index is 12.3. The number of nitrogens with two attached hydrogens (primary N) is 1. The van der Waals surface area contributed by atoms with Gasteiger partial charge in [-0.1, -0.05) is 11.6 Å². The van der Waals surface area contributed by atoms with Crippen molar-refractivity contribution < 1.29 is 13.2 Å². The molecular weight excluding hydrogens is 368 g/mol. The van der Waals surface area contributed by atoms with Gasteiger partial charge in [-0.2, -0.15) is 0 Å². The van der Waals surface area contributed by atoms with Crippen LogP contribution in [-0.2, 0) is 14.8 Å². The number of rotatable bonds is 4. The topological polar surface area (TPSA) is 81.4 Å². The molecule has 8 heteroatoms. The standard InChI is InChI=1S/C12H16BrClN2O3S/c1-7-8(2-3-19-7)6-16-20(17,18)11-5-9(14)4-10(15)12(11)13/h4-5,7-8,16H,2-3,6,15H2,1H3. The molecule has 2 unspecified atom stereocenters. The summed E-state index contributed by atoms with van der Waals surface area (Å²) in [4.78, 5) is 0.0501. The second kappa shape index (κ2) is 6.19. The van der Waals surface area contributed by atoms with E-state index in [0.717, 1.165) is 6.42 Å². The van der Waals surface area contributed by atoms with Gasteiger partial charge >= 0.3 is 0 Å². The van der Waals surface area contributed by atoms with Gasteiger partial charge in [0.2, 0.25) is 10.0 Å². The molecule has 2 rings (SSSR count). The summed E-state index contributed by atoms with van der Waals surface area (Å²) < 4.78 is 33.0. The first-order chi connectivity index (χ1) is 9.31. The van der Waals surface area contributed by atoms with Crippen molar-refractivity contribution in [3.8, 4) is 0 Å². The zero-order valence-electron chi connectivity index (χ0n) is 10.9. The molecule has 1 aliphatic rings. The monoisotopic (exact) mass is 382 g/mol. The van der Waals surface area contributed by atoms with Crippen LogP contribution >= 0.6 is 27.5 Å². The third kappa shape index (κ3) is 3.46. The highest BCUT2D eigenvalue weighted by atomic mass is 79.9. The first-order valence-corrected chi connectivity index (χ1v) is 8.82. The van der Waals surface area contributed by atoms with E-state index in [4.69, 9.17) is 22.1 Å². The van der Waals surface area contributed by atoms with Gasteiger partial charge in [0, 0.05) is 29.8 Å². The molecule has 0 aliphatic carbocycles. The average molecular weight is 384 g/mol. The van der Waals surface area contributed by atoms with Crippen LogP contribution in [0.15, 0.2) is 21.5 Å². The SMILES string of the molecule is CC1OCCC1CNS(=O)(=O)c1cc(Cl)cc(N)c1Br. The molecule has 0 spiro atoms. The van der Waals surface area contributed by atoms with Gasteiger partial charge in [-0.25, -0.2) is 13.1 Å². The zero-order valence-corrected chi connectivity index (χ0v) is 14.1. The van der Waals surface area contributed by atoms with E-state index >= 15 is 0 Å². The molecule has 0 saturated carbocycles. The van der Waals surface area contributed by atoms with Crippen molar-refractivity contribution in [2.45, 2.75) is 24.3 Å². The molecule has 1 saturated heterocycles. The largest absolute Gasteiger partial charge is 0.398 e. The summed E-state index contributed by atoms with van der Waals surface area (Å²) in [5, 5.41) is 0.281. The number of nitrogens with one attached hydrogen (secondary N) is 1. The zero-order chi connectivity index (χ0) is 14.9. The van der Waals surface area contributed by atoms with Gasteiger partial charge in [0.05, 0.1) is 15.5 Å². The van der Waals surface area contributed by atoms with E-state index < -0.39 is 10.0 Å². The number of anilines is 1. The van der Waals surface area contributed by atoms with E-state index in [0.29, 0.717) is 17.6 Å². The summed E-state index contributed by atoms with van der Waals surface area (Å²) >= 11 is 9.05. The highest BCUT2D eigenvalue weighted by Gasteiger charge is 2.27. The fourth-order valence-electron chi connectivity index (χ4n) is 2.12. The lowest BCUT2D eigenvalue weighted by atomic mass is 10.0. The fraction of sp³-hybridized carbons (Fsp3) is 0.500. The lowest BCUT2D eigenvalue weighted by molar-refractivity contribution is 0.107. The van der Waals surface area contributed by atoms with Crippen LogP contribution in [0.3, 0.4) is 0 Å². The van der Waals surface area contributed by atoms with Crippen LogP contribution in [0.4, 0.5) is 5.69 Å². The van der Waals surface area contributed by atoms with Crippen molar-refractivity contribution in [3.05, 3.63) is 21.6 Å². The highest BCUT2D eigenvalue weighted by molar-refractivity contribution is 9.10. The van der Waals surface area contributed by atoms with Crippen molar-refractivity contribution in [1.29, 1.82) is 0 Å². The smallest absolute Gasteiger partial charge is 0.241 e. The van der Waals surface area contributed by atoms with E-state index in [2.05, 4.69) is 20.7 Å². The van der Waals surface area contributed by atoms with Crippen LogP contribution < -0.4 is 10.5 Å². The van der Waals surface area contributed by atoms with Crippen LogP contribution in [0.2, 0.25) is 5.02 Å². The number of hydrogen-bond acceptors (Lipinski definition) is 4. The van der Waals surface area contributed by atoms with Crippen molar-refractivity contribution >= 4 is 43.2 Å². The third-order valence-corrected chi connectivity index (χ3v) is 6.20. The van der Waals surface area contributed by atoms with Crippen molar-refractivity contribution in [3.63, 3.8) is 0 Å². The summed E-state index contributed by atoms with van der Waals surface area (Å²) in [6.07, 6.45) is 0.910. The Balaban J connectivity index is 2.18. The van der Waals surface area contributed by atoms with Gasteiger partial charge in [0.25, 0.3) is 0 Å². The quantitative estimate of drug-likeness (QED) is 0.782. The summed E-state index contributed by atoms with van der Waals surface area (Å²) in [5.41, 5.74) is 6.00. The molecule has 1 aliphatic heterocycles. The number of benzene rings is 1. The van der Waals surface area contributed by atoms with Gasteiger partial charge < -0.3 is 10.5 Å². The Kier molecular flexibility index (Phi) is 4.96. The predicted octanol–water partition coefficient (Wildman–Crippen LogP) is 2.39. The summed E-state index contributed by atoms with van der Waals surface area (Å²) in [7, 11) is -3.66. The van der Waals surface area contributed by atoms with E-state index in [-0.39, 0.29) is 27.6 Å². The molecule has 0 amide bonds. The molecular formula is C12H16BrClN2O3S. The Morgan fingerprint density at radius 2 is 2.25 bits per heavy atom. The third-order valence-electron chi connectivity index (χ3n) is 3.39. The Bertz CT molecular complexity index is 609. The van der Waals surface area contributed by atoms with Crippen molar-refractivity contribution in [2.75, 3.05) is 18.9 Å². The minimum absolute atomic E-state index is 0.0501. The van der Waals surface area contributed by atoms with Crippen LogP contribution in [-0.4, -0.2) is 27.7 Å². The Morgan fingerprint density at radius 1 is 1.55 bits per heavy atom. The molecule has 1 fully saturated rings. The predicted molar refractivity (Wildman–Crippen MR) is 82.3 cm³/mol. The number of ether oxygens (including phenoxy) is 1. The molecule has 0 aromatic heterocycles. The summed E-state index contributed by atoms with van der Waals surface area (Å²) in [5.74, 6) is 0.181. The van der Waals surface area contributed by atoms with Crippen molar-refractivity contribution in [1.82, 2.24) is 4.72 Å². The molecule has 0 bridgehead atoms. The number of sulfonamides is 1. The normalized spacial score (nSPS) is 23.1. The molecule has 5 nitrogen and oxygen atoms in total. The van der Waals surface area contributed by atoms with Crippen molar-refractivity contribution in [2.24, 2.45) is 5.92 Å². The maximum atomic E-state index is 12.3. The minimum Gasteiger partial charge on any atom is -0.398 e. The van der Waals surface area contributed by atoms with Crippen LogP contribution in [0.25, 0.3) is 0 Å². The van der Waals surface area contributed by atoms with Gasteiger partial charge in [0.15, 0.2) is 0 Å². The van der Waals surface area contributed by atoms with Gasteiger partial charge in [-0.05, 0) is 41.4 Å². The first-order valence-electron chi connectivity index (χ1n) is 6.17. The van der Waals surface area contributed by atoms with E-state index in [9.17, 15) is 8.42 Å². The second-order valence-electron chi connectivity index (χ2n) is 4.78. The Labute approximate surface area is 132 Å². The van der Waals surface area contributed by atoms with E-state index in [1.165, 1.54) is 12.1 Å². The van der Waals surface area contributed by atoms with E-state index in [1.54, 1.807) is 0 Å². The number of nitrogen functional groups attached to an aromatic ring is 1. The van der Waals surface area contributed by atoms with Gasteiger partial charge in [0.1, 0.15) is 0 Å². The van der Waals surface area contributed by atoms with E-state index in [1.807, 2.05) is 6.92 Å². The molecule has 3 N–H and O–H groups in total. The summed E-state index contributed by atoms with van der Waals surface area (Å²) in [6, 6.07) is 2.87. The summed E-state index contributed by atoms with van der Waals surface area (Å²) in [6.45, 7) is 2.95. The van der Waals surface area contributed by atoms with Gasteiger partial charge in [-0.3, -0.25) is 0 Å². The van der Waals surface area contributed by atoms with Crippen LogP contribution in [0.5, 0.6) is 0 Å². The molecule has 1 aromatic rings. The minimum atomic E-state index is -3.66. The van der Waals surface area contributed by atoms with Gasteiger partial charge in [-0.15, -0.1) is 0 Å². The highest BCUT2D eigenvalue weighted by Crippen LogP contribution is 2.31. The number of halogens is 2. The molecule has 1 aromatic carbocycles. The first kappa shape index (κ1) is 16.0. The van der Waals surface area contributed by atoms with Crippen LogP contribution in [0, 0.1) is 5.92 Å². The molecule has 0 radical (unpaired) electrons. The average Bonchev–Trinajstić information content (AvgIpc) is 2.77. The lowest BCUT2D eigenvalue weighted by Gasteiger charge is -2.16. The molecule has 112 valence electrons. The fourth-order valence-corrected chi connectivity index (χ4v) is 4.50. The molecule has 1 heterocycles. The maximum Gasteiger partial charge on any atom is 0.241 e.